The maximum atomic E-state index is 15.5. The number of fused-ring (bicyclic) bond motifs is 2. The molecule has 0 spiro atoms. The van der Waals surface area contributed by atoms with Crippen molar-refractivity contribution in [2.45, 2.75) is 56.4 Å². The van der Waals surface area contributed by atoms with E-state index >= 15 is 4.39 Å². The molecule has 36 heavy (non-hydrogen) atoms. The number of ether oxygens (including phenoxy) is 2. The Morgan fingerprint density at radius 3 is 2.64 bits per heavy atom. The number of alkyl halides is 1. The van der Waals surface area contributed by atoms with Gasteiger partial charge < -0.3 is 24.8 Å². The van der Waals surface area contributed by atoms with Crippen LogP contribution in [-0.4, -0.2) is 75.3 Å². The molecule has 0 amide bonds. The van der Waals surface area contributed by atoms with E-state index in [9.17, 15) is 5.11 Å². The minimum Gasteiger partial charge on any atom is -0.507 e. The smallest absolute Gasteiger partial charge is 0.278 e. The van der Waals surface area contributed by atoms with Crippen LogP contribution in [0.1, 0.15) is 32.6 Å². The van der Waals surface area contributed by atoms with Crippen molar-refractivity contribution < 1.29 is 19.0 Å². The van der Waals surface area contributed by atoms with Crippen LogP contribution in [0.3, 0.4) is 0 Å². The predicted octanol–water partition coefficient (Wildman–Crippen LogP) is 3.17. The van der Waals surface area contributed by atoms with Crippen LogP contribution in [-0.2, 0) is 0 Å². The van der Waals surface area contributed by atoms with Crippen molar-refractivity contribution in [3.05, 3.63) is 30.6 Å². The Balaban J connectivity index is 1.36. The van der Waals surface area contributed by atoms with Gasteiger partial charge in [0.1, 0.15) is 11.9 Å². The fourth-order valence-corrected chi connectivity index (χ4v) is 5.29. The van der Waals surface area contributed by atoms with Crippen LogP contribution in [0.5, 0.6) is 17.5 Å². The van der Waals surface area contributed by atoms with Gasteiger partial charge in [0.05, 0.1) is 43.9 Å². The molecule has 4 heterocycles. The Labute approximate surface area is 208 Å². The fraction of sp³-hybridized carbons (Fsp3) is 0.480. The number of piperidine rings is 2. The van der Waals surface area contributed by atoms with Crippen LogP contribution in [0, 0.1) is 0 Å². The van der Waals surface area contributed by atoms with Gasteiger partial charge in [-0.25, -0.2) is 19.3 Å². The zero-order valence-electron chi connectivity index (χ0n) is 20.8. The molecule has 0 radical (unpaired) electrons. The zero-order valence-corrected chi connectivity index (χ0v) is 20.8. The molecule has 11 heteroatoms. The molecule has 2 aliphatic rings. The molecule has 0 unspecified atom stereocenters. The highest BCUT2D eigenvalue weighted by Crippen LogP contribution is 2.39. The number of nitrogens with zero attached hydrogens (tertiary/aromatic N) is 6. The number of phenolic OH excluding ortho intramolecular Hbond substituents is 1. The Hall–Kier alpha value is -3.60. The lowest BCUT2D eigenvalue weighted by molar-refractivity contribution is 0.0405. The van der Waals surface area contributed by atoms with Crippen molar-refractivity contribution in [2.75, 3.05) is 26.2 Å². The van der Waals surface area contributed by atoms with Gasteiger partial charge in [-0.1, -0.05) is 6.07 Å². The second kappa shape index (κ2) is 9.45. The summed E-state index contributed by atoms with van der Waals surface area (Å²) in [5.41, 5.74) is 1.04. The number of anilines is 1. The summed E-state index contributed by atoms with van der Waals surface area (Å²) in [6, 6.07) is 5.01. The molecule has 2 fully saturated rings. The van der Waals surface area contributed by atoms with Gasteiger partial charge >= 0.3 is 0 Å². The highest BCUT2D eigenvalue weighted by atomic mass is 19.1. The second-order valence-corrected chi connectivity index (χ2v) is 9.61. The van der Waals surface area contributed by atoms with Crippen LogP contribution in [0.15, 0.2) is 30.6 Å². The first-order valence-electron chi connectivity index (χ1n) is 12.0. The van der Waals surface area contributed by atoms with Crippen molar-refractivity contribution in [1.29, 1.82) is 0 Å². The fourth-order valence-electron chi connectivity index (χ4n) is 5.29. The molecular formula is C25H30FN7O3. The molecule has 0 aliphatic carbocycles. The number of phenols is 1. The molecule has 10 nitrogen and oxygen atoms in total. The van der Waals surface area contributed by atoms with E-state index in [0.717, 1.165) is 19.3 Å². The number of aromatic nitrogens is 5. The molecule has 2 aromatic heterocycles. The zero-order chi connectivity index (χ0) is 25.4. The Morgan fingerprint density at radius 2 is 1.94 bits per heavy atom. The summed E-state index contributed by atoms with van der Waals surface area (Å²) in [6.45, 7) is 1.97. The lowest BCUT2D eigenvalue weighted by Crippen LogP contribution is -2.68. The van der Waals surface area contributed by atoms with Gasteiger partial charge in [-0.15, -0.1) is 10.2 Å². The third kappa shape index (κ3) is 4.27. The van der Waals surface area contributed by atoms with Crippen molar-refractivity contribution in [3.8, 4) is 40.2 Å². The summed E-state index contributed by atoms with van der Waals surface area (Å²) in [7, 11) is 4.80. The average molecular weight is 496 g/mol. The van der Waals surface area contributed by atoms with E-state index in [-0.39, 0.29) is 29.4 Å². The average Bonchev–Trinajstić information content (AvgIpc) is 2.90. The number of benzene rings is 1. The topological polar surface area (TPSA) is 118 Å². The molecule has 3 aromatic rings. The SMILES string of the molecule is COc1ncc(-c2ccc(-c3ncc(N(C)[C@H]4C[C@@H]5CCC[C@@](C)(N5)[C@H]4F)nn3)c(O)c2)nc1OC. The molecule has 2 N–H and O–H groups in total. The first-order valence-corrected chi connectivity index (χ1v) is 12.0. The van der Waals surface area contributed by atoms with Gasteiger partial charge in [-0.2, -0.15) is 0 Å². The normalized spacial score (nSPS) is 25.3. The summed E-state index contributed by atoms with van der Waals surface area (Å²) in [5, 5.41) is 22.7. The summed E-state index contributed by atoms with van der Waals surface area (Å²) < 4.78 is 25.8. The Kier molecular flexibility index (Phi) is 6.33. The Morgan fingerprint density at radius 1 is 1.14 bits per heavy atom. The van der Waals surface area contributed by atoms with Crippen LogP contribution in [0.2, 0.25) is 0 Å². The molecule has 2 bridgehead atoms. The third-order valence-corrected chi connectivity index (χ3v) is 7.29. The number of halogens is 1. The first-order chi connectivity index (χ1) is 17.3. The summed E-state index contributed by atoms with van der Waals surface area (Å²) in [6.07, 6.45) is 5.70. The number of hydrogen-bond donors (Lipinski definition) is 2. The lowest BCUT2D eigenvalue weighted by Gasteiger charge is -2.52. The van der Waals surface area contributed by atoms with E-state index in [1.807, 2.05) is 18.9 Å². The van der Waals surface area contributed by atoms with Crippen LogP contribution in [0.4, 0.5) is 10.2 Å². The standard InChI is InChI=1S/C25H30FN7O3/c1-25-9-5-6-15(30-25)11-18(21(25)26)33(2)20-13-27-22(32-31-20)16-8-7-14(10-19(16)34)17-12-28-23(35-3)24(29-17)36-4/h7-8,10,12-13,15,18,21,30,34H,5-6,9,11H2,1-4H3/t15-,18-,21-,25+/m0/s1. The third-order valence-electron chi connectivity index (χ3n) is 7.29. The molecule has 0 saturated carbocycles. The highest BCUT2D eigenvalue weighted by molar-refractivity contribution is 5.71. The molecule has 5 rings (SSSR count). The molecule has 190 valence electrons. The van der Waals surface area contributed by atoms with E-state index in [1.165, 1.54) is 20.4 Å². The summed E-state index contributed by atoms with van der Waals surface area (Å²) in [5.74, 6) is 1.24. The number of rotatable bonds is 6. The van der Waals surface area contributed by atoms with Crippen molar-refractivity contribution in [3.63, 3.8) is 0 Å². The van der Waals surface area contributed by atoms with E-state index in [1.54, 1.807) is 24.4 Å². The van der Waals surface area contributed by atoms with E-state index in [2.05, 4.69) is 30.5 Å². The molecular weight excluding hydrogens is 465 g/mol. The molecule has 1 aromatic carbocycles. The monoisotopic (exact) mass is 495 g/mol. The summed E-state index contributed by atoms with van der Waals surface area (Å²) >= 11 is 0. The van der Waals surface area contributed by atoms with E-state index in [4.69, 9.17) is 9.47 Å². The van der Waals surface area contributed by atoms with Crippen LogP contribution in [0.25, 0.3) is 22.6 Å². The van der Waals surface area contributed by atoms with Gasteiger partial charge in [-0.3, -0.25) is 0 Å². The van der Waals surface area contributed by atoms with Crippen LogP contribution < -0.4 is 19.7 Å². The maximum absolute atomic E-state index is 15.5. The van der Waals surface area contributed by atoms with E-state index in [0.29, 0.717) is 35.1 Å². The number of aromatic hydroxyl groups is 1. The van der Waals surface area contributed by atoms with Crippen molar-refractivity contribution in [1.82, 2.24) is 30.5 Å². The maximum Gasteiger partial charge on any atom is 0.278 e. The van der Waals surface area contributed by atoms with Gasteiger partial charge in [0.2, 0.25) is 0 Å². The first kappa shape index (κ1) is 24.1. The van der Waals surface area contributed by atoms with Crippen molar-refractivity contribution >= 4 is 5.82 Å². The van der Waals surface area contributed by atoms with Gasteiger partial charge in [-0.05, 0) is 44.7 Å². The second-order valence-electron chi connectivity index (χ2n) is 9.61. The largest absolute Gasteiger partial charge is 0.507 e. The summed E-state index contributed by atoms with van der Waals surface area (Å²) in [4.78, 5) is 14.8. The number of methoxy groups -OCH3 is 2. The Bertz CT molecular complexity index is 1240. The number of hydrogen-bond acceptors (Lipinski definition) is 10. The van der Waals surface area contributed by atoms with Crippen molar-refractivity contribution in [2.24, 2.45) is 0 Å². The van der Waals surface area contributed by atoms with Gasteiger partial charge in [0.25, 0.3) is 11.8 Å². The minimum absolute atomic E-state index is 0.0325. The molecule has 2 aliphatic heterocycles. The van der Waals surface area contributed by atoms with E-state index < -0.39 is 11.7 Å². The van der Waals surface area contributed by atoms with Gasteiger partial charge in [0, 0.05) is 24.2 Å². The highest BCUT2D eigenvalue weighted by Gasteiger charge is 2.49. The molecule has 4 atom stereocenters. The predicted molar refractivity (Wildman–Crippen MR) is 132 cm³/mol. The minimum atomic E-state index is -1.03. The quantitative estimate of drug-likeness (QED) is 0.528. The molecule has 2 saturated heterocycles. The number of nitrogens with one attached hydrogen (secondary N) is 1. The van der Waals surface area contributed by atoms with Gasteiger partial charge in [0.15, 0.2) is 11.6 Å². The van der Waals surface area contributed by atoms with Crippen LogP contribution >= 0.6 is 0 Å². The lowest BCUT2D eigenvalue weighted by atomic mass is 9.73.